The lowest BCUT2D eigenvalue weighted by Gasteiger charge is -2.02. The fourth-order valence-corrected chi connectivity index (χ4v) is 2.95. The van der Waals surface area contributed by atoms with E-state index in [2.05, 4.69) is 27.3 Å². The smallest absolute Gasteiger partial charge is 0.107 e. The van der Waals surface area contributed by atoms with Crippen LogP contribution in [0.25, 0.3) is 0 Å². The lowest BCUT2D eigenvalue weighted by molar-refractivity contribution is 0.192. The molecule has 0 bridgehead atoms. The van der Waals surface area contributed by atoms with Crippen molar-refractivity contribution in [2.75, 3.05) is 20.3 Å². The molecule has 0 saturated heterocycles. The summed E-state index contributed by atoms with van der Waals surface area (Å²) < 4.78 is 6.79. The predicted octanol–water partition coefficient (Wildman–Crippen LogP) is 3.68. The van der Waals surface area contributed by atoms with Crippen molar-refractivity contribution >= 4 is 38.9 Å². The molecule has 0 spiro atoms. The van der Waals surface area contributed by atoms with Crippen molar-refractivity contribution in [1.29, 1.82) is 0 Å². The van der Waals surface area contributed by atoms with Gasteiger partial charge in [-0.15, -0.1) is 11.3 Å². The maximum absolute atomic E-state index is 5.94. The van der Waals surface area contributed by atoms with E-state index < -0.39 is 0 Å². The third kappa shape index (κ3) is 5.31. The molecule has 5 heteroatoms. The molecule has 0 aliphatic carbocycles. The number of unbranched alkanes of at least 4 members (excludes halogenated alkanes) is 1. The molecule has 0 aliphatic heterocycles. The summed E-state index contributed by atoms with van der Waals surface area (Å²) in [6.07, 6.45) is 2.26. The van der Waals surface area contributed by atoms with E-state index in [4.69, 9.17) is 16.3 Å². The van der Waals surface area contributed by atoms with E-state index in [1.165, 1.54) is 4.88 Å². The van der Waals surface area contributed by atoms with E-state index in [-0.39, 0.29) is 0 Å². The molecular weight excluding hydrogens is 298 g/mol. The molecule has 0 atom stereocenters. The van der Waals surface area contributed by atoms with Crippen LogP contribution in [0.5, 0.6) is 0 Å². The summed E-state index contributed by atoms with van der Waals surface area (Å²) in [6.45, 7) is 2.76. The molecule has 0 aliphatic rings. The van der Waals surface area contributed by atoms with Gasteiger partial charge in [0.15, 0.2) is 0 Å². The lowest BCUT2D eigenvalue weighted by Crippen LogP contribution is -2.14. The Morgan fingerprint density at radius 1 is 1.53 bits per heavy atom. The van der Waals surface area contributed by atoms with Gasteiger partial charge in [-0.3, -0.25) is 0 Å². The Bertz CT molecular complexity index is 273. The van der Waals surface area contributed by atoms with Crippen molar-refractivity contribution in [3.05, 3.63) is 19.8 Å². The molecular formula is C10H15BrClNOS. The van der Waals surface area contributed by atoms with Crippen molar-refractivity contribution in [1.82, 2.24) is 5.32 Å². The summed E-state index contributed by atoms with van der Waals surface area (Å²) >= 11 is 10.9. The van der Waals surface area contributed by atoms with E-state index in [1.807, 2.05) is 0 Å². The SMILES string of the molecule is COCCCCNCc1cc(Br)c(Cl)s1. The van der Waals surface area contributed by atoms with Crippen LogP contribution in [0.1, 0.15) is 17.7 Å². The summed E-state index contributed by atoms with van der Waals surface area (Å²) in [5.41, 5.74) is 0. The Labute approximate surface area is 108 Å². The highest BCUT2D eigenvalue weighted by atomic mass is 79.9. The van der Waals surface area contributed by atoms with Gasteiger partial charge in [-0.2, -0.15) is 0 Å². The monoisotopic (exact) mass is 311 g/mol. The molecule has 0 aromatic carbocycles. The number of ether oxygens (including phenoxy) is 1. The van der Waals surface area contributed by atoms with E-state index in [0.29, 0.717) is 0 Å². The van der Waals surface area contributed by atoms with Crippen LogP contribution in [-0.4, -0.2) is 20.3 Å². The van der Waals surface area contributed by atoms with Crippen molar-refractivity contribution in [3.63, 3.8) is 0 Å². The zero-order chi connectivity index (χ0) is 11.1. The average molecular weight is 313 g/mol. The molecule has 2 nitrogen and oxygen atoms in total. The summed E-state index contributed by atoms with van der Waals surface area (Å²) in [5.74, 6) is 0. The second kappa shape index (κ2) is 7.63. The van der Waals surface area contributed by atoms with Gasteiger partial charge in [0.1, 0.15) is 4.34 Å². The minimum absolute atomic E-state index is 0.825. The minimum atomic E-state index is 0.825. The van der Waals surface area contributed by atoms with Gasteiger partial charge < -0.3 is 10.1 Å². The van der Waals surface area contributed by atoms with Crippen LogP contribution in [0.2, 0.25) is 4.34 Å². The fourth-order valence-electron chi connectivity index (χ4n) is 1.19. The Balaban J connectivity index is 2.10. The van der Waals surface area contributed by atoms with E-state index in [9.17, 15) is 0 Å². The third-order valence-electron chi connectivity index (χ3n) is 1.95. The first-order valence-electron chi connectivity index (χ1n) is 4.87. The summed E-state index contributed by atoms with van der Waals surface area (Å²) in [4.78, 5) is 1.26. The van der Waals surface area contributed by atoms with Crippen molar-refractivity contribution < 1.29 is 4.74 Å². The molecule has 15 heavy (non-hydrogen) atoms. The van der Waals surface area contributed by atoms with Crippen LogP contribution in [0.3, 0.4) is 0 Å². The van der Waals surface area contributed by atoms with Gasteiger partial charge >= 0.3 is 0 Å². The first-order valence-corrected chi connectivity index (χ1v) is 6.86. The van der Waals surface area contributed by atoms with Crippen molar-refractivity contribution in [2.45, 2.75) is 19.4 Å². The first-order chi connectivity index (χ1) is 7.24. The fraction of sp³-hybridized carbons (Fsp3) is 0.600. The van der Waals surface area contributed by atoms with Crippen LogP contribution in [0, 0.1) is 0 Å². The highest BCUT2D eigenvalue weighted by molar-refractivity contribution is 9.10. The number of rotatable bonds is 7. The third-order valence-corrected chi connectivity index (χ3v) is 4.42. The molecule has 0 radical (unpaired) electrons. The number of halogens is 2. The number of nitrogens with one attached hydrogen (secondary N) is 1. The minimum Gasteiger partial charge on any atom is -0.385 e. The van der Waals surface area contributed by atoms with Crippen molar-refractivity contribution in [2.24, 2.45) is 0 Å². The quantitative estimate of drug-likeness (QED) is 0.776. The Morgan fingerprint density at radius 2 is 2.33 bits per heavy atom. The normalized spacial score (nSPS) is 10.9. The summed E-state index contributed by atoms with van der Waals surface area (Å²) in [5, 5.41) is 3.38. The zero-order valence-corrected chi connectivity index (χ0v) is 11.8. The molecule has 1 aromatic rings. The van der Waals surface area contributed by atoms with E-state index in [1.54, 1.807) is 18.4 Å². The molecule has 86 valence electrons. The number of thiophene rings is 1. The molecule has 1 rings (SSSR count). The zero-order valence-electron chi connectivity index (χ0n) is 8.69. The van der Waals surface area contributed by atoms with Crippen molar-refractivity contribution in [3.8, 4) is 0 Å². The molecule has 1 heterocycles. The average Bonchev–Trinajstić information content (AvgIpc) is 2.52. The Kier molecular flexibility index (Phi) is 6.84. The lowest BCUT2D eigenvalue weighted by atomic mass is 10.3. The maximum Gasteiger partial charge on any atom is 0.107 e. The topological polar surface area (TPSA) is 21.3 Å². The molecule has 0 fully saturated rings. The molecule has 0 saturated carbocycles. The standard InChI is InChI=1S/C10H15BrClNOS/c1-14-5-3-2-4-13-7-8-6-9(11)10(12)15-8/h6,13H,2-5,7H2,1H3. The largest absolute Gasteiger partial charge is 0.385 e. The number of hydrogen-bond donors (Lipinski definition) is 1. The molecule has 0 unspecified atom stereocenters. The van der Waals surface area contributed by atoms with Gasteiger partial charge in [-0.05, 0) is 41.4 Å². The summed E-state index contributed by atoms with van der Waals surface area (Å²) in [7, 11) is 1.73. The van der Waals surface area contributed by atoms with Gasteiger partial charge in [-0.25, -0.2) is 0 Å². The van der Waals surface area contributed by atoms with Crippen LogP contribution in [0.4, 0.5) is 0 Å². The van der Waals surface area contributed by atoms with Crippen LogP contribution >= 0.6 is 38.9 Å². The Morgan fingerprint density at radius 3 is 2.93 bits per heavy atom. The van der Waals surface area contributed by atoms with Gasteiger partial charge in [0.25, 0.3) is 0 Å². The first kappa shape index (κ1) is 13.5. The van der Waals surface area contributed by atoms with Gasteiger partial charge in [0.05, 0.1) is 0 Å². The van der Waals surface area contributed by atoms with Gasteiger partial charge in [0, 0.05) is 29.6 Å². The second-order valence-electron chi connectivity index (χ2n) is 3.21. The van der Waals surface area contributed by atoms with Crippen LogP contribution in [-0.2, 0) is 11.3 Å². The molecule has 0 amide bonds. The molecule has 1 aromatic heterocycles. The van der Waals surface area contributed by atoms with E-state index >= 15 is 0 Å². The van der Waals surface area contributed by atoms with Gasteiger partial charge in [0.2, 0.25) is 0 Å². The Hall–Kier alpha value is 0.390. The maximum atomic E-state index is 5.94. The highest BCUT2D eigenvalue weighted by Gasteiger charge is 2.03. The number of hydrogen-bond acceptors (Lipinski definition) is 3. The number of methoxy groups -OCH3 is 1. The van der Waals surface area contributed by atoms with Gasteiger partial charge in [-0.1, -0.05) is 11.6 Å². The summed E-state index contributed by atoms with van der Waals surface area (Å²) in [6, 6.07) is 2.06. The second-order valence-corrected chi connectivity index (χ2v) is 5.80. The van der Waals surface area contributed by atoms with Crippen LogP contribution in [0.15, 0.2) is 10.5 Å². The van der Waals surface area contributed by atoms with E-state index in [0.717, 1.165) is 41.3 Å². The molecule has 1 N–H and O–H groups in total. The highest BCUT2D eigenvalue weighted by Crippen LogP contribution is 2.31. The predicted molar refractivity (Wildman–Crippen MR) is 69.8 cm³/mol. The van der Waals surface area contributed by atoms with Crippen LogP contribution < -0.4 is 5.32 Å².